The van der Waals surface area contributed by atoms with E-state index in [1.165, 1.54) is 32.6 Å². The van der Waals surface area contributed by atoms with E-state index in [0.29, 0.717) is 0 Å². The number of aromatic nitrogens is 4. The molecule has 0 unspecified atom stereocenters. The molecule has 0 bridgehead atoms. The molecule has 0 saturated carbocycles. The Balaban J connectivity index is 1.18. The molecule has 0 atom stereocenters. The van der Waals surface area contributed by atoms with Gasteiger partial charge in [-0.15, -0.1) is 0 Å². The molecule has 5 nitrogen and oxygen atoms in total. The predicted molar refractivity (Wildman–Crippen MR) is 226 cm³/mol. The lowest BCUT2D eigenvalue weighted by atomic mass is 9.96. The topological polar surface area (TPSA) is 48.8 Å². The molecule has 1 aliphatic carbocycles. The SMILES string of the molecule is C1=Cc2c(nc(-c3cccc4oc5c(-n6c7ccccc7c7ccc8c9ccccc9n(-c9ccccc9)c8c76)cccc5c34)nc2-c2ccccc2)CC1. The Kier molecular flexibility index (Phi) is 6.39. The molecular formula is C50H32N4O. The van der Waals surface area contributed by atoms with Crippen LogP contribution in [0.3, 0.4) is 0 Å². The van der Waals surface area contributed by atoms with Crippen molar-refractivity contribution < 1.29 is 4.42 Å². The van der Waals surface area contributed by atoms with E-state index in [-0.39, 0.29) is 0 Å². The monoisotopic (exact) mass is 704 g/mol. The summed E-state index contributed by atoms with van der Waals surface area (Å²) in [5, 5.41) is 6.89. The smallest absolute Gasteiger partial charge is 0.160 e. The van der Waals surface area contributed by atoms with Crippen LogP contribution in [0.15, 0.2) is 168 Å². The number of hydrogen-bond acceptors (Lipinski definition) is 3. The maximum Gasteiger partial charge on any atom is 0.160 e. The number of aryl methyl sites for hydroxylation is 1. The van der Waals surface area contributed by atoms with Crippen molar-refractivity contribution in [3.05, 3.63) is 175 Å². The molecule has 4 aromatic heterocycles. The molecule has 0 N–H and O–H groups in total. The van der Waals surface area contributed by atoms with Gasteiger partial charge in [0.25, 0.3) is 0 Å². The maximum absolute atomic E-state index is 6.99. The van der Waals surface area contributed by atoms with Gasteiger partial charge in [0.05, 0.1) is 39.1 Å². The minimum absolute atomic E-state index is 0.720. The summed E-state index contributed by atoms with van der Waals surface area (Å²) in [5.41, 5.74) is 13.6. The van der Waals surface area contributed by atoms with E-state index in [2.05, 4.69) is 173 Å². The van der Waals surface area contributed by atoms with Crippen molar-refractivity contribution in [2.75, 3.05) is 0 Å². The summed E-state index contributed by atoms with van der Waals surface area (Å²) >= 11 is 0. The second-order valence-corrected chi connectivity index (χ2v) is 14.4. The van der Waals surface area contributed by atoms with Gasteiger partial charge in [0.2, 0.25) is 0 Å². The van der Waals surface area contributed by atoms with Gasteiger partial charge in [-0.25, -0.2) is 9.97 Å². The summed E-state index contributed by atoms with van der Waals surface area (Å²) < 4.78 is 11.8. The highest BCUT2D eigenvalue weighted by Crippen LogP contribution is 2.45. The Morgan fingerprint density at radius 1 is 0.527 bits per heavy atom. The number of para-hydroxylation sites is 4. The lowest BCUT2D eigenvalue weighted by Gasteiger charge is -2.16. The molecule has 0 saturated heterocycles. The van der Waals surface area contributed by atoms with Crippen molar-refractivity contribution in [3.8, 4) is 34.0 Å². The molecule has 0 radical (unpaired) electrons. The van der Waals surface area contributed by atoms with Crippen molar-refractivity contribution in [3.63, 3.8) is 0 Å². The summed E-state index contributed by atoms with van der Waals surface area (Å²) in [5.74, 6) is 0.720. The Morgan fingerprint density at radius 2 is 1.18 bits per heavy atom. The van der Waals surface area contributed by atoms with Crippen LogP contribution < -0.4 is 0 Å². The van der Waals surface area contributed by atoms with Gasteiger partial charge in [0, 0.05) is 54.7 Å². The van der Waals surface area contributed by atoms with Crippen molar-refractivity contribution in [1.82, 2.24) is 19.1 Å². The number of allylic oxidation sites excluding steroid dienone is 1. The molecule has 4 heterocycles. The number of hydrogen-bond donors (Lipinski definition) is 0. The molecule has 5 heteroatoms. The first-order valence-electron chi connectivity index (χ1n) is 18.9. The minimum atomic E-state index is 0.720. The van der Waals surface area contributed by atoms with E-state index in [1.807, 2.05) is 6.07 Å². The molecule has 7 aromatic carbocycles. The lowest BCUT2D eigenvalue weighted by Crippen LogP contribution is -2.05. The Morgan fingerprint density at radius 3 is 1.96 bits per heavy atom. The maximum atomic E-state index is 6.99. The molecule has 0 aliphatic heterocycles. The fourth-order valence-electron chi connectivity index (χ4n) is 9.03. The van der Waals surface area contributed by atoms with Gasteiger partial charge in [-0.1, -0.05) is 133 Å². The van der Waals surface area contributed by atoms with Crippen LogP contribution in [0.1, 0.15) is 17.7 Å². The van der Waals surface area contributed by atoms with Gasteiger partial charge in [0.15, 0.2) is 11.4 Å². The van der Waals surface area contributed by atoms with E-state index < -0.39 is 0 Å². The summed E-state index contributed by atoms with van der Waals surface area (Å²) in [6.07, 6.45) is 6.26. The van der Waals surface area contributed by atoms with Crippen molar-refractivity contribution >= 4 is 71.6 Å². The minimum Gasteiger partial charge on any atom is -0.454 e. The molecule has 12 rings (SSSR count). The summed E-state index contributed by atoms with van der Waals surface area (Å²) in [7, 11) is 0. The van der Waals surface area contributed by atoms with Gasteiger partial charge in [-0.05, 0) is 49.2 Å². The fourth-order valence-corrected chi connectivity index (χ4v) is 9.03. The van der Waals surface area contributed by atoms with E-state index >= 15 is 0 Å². The van der Waals surface area contributed by atoms with Crippen LogP contribution in [0.2, 0.25) is 0 Å². The number of rotatable bonds is 4. The van der Waals surface area contributed by atoms with Crippen molar-refractivity contribution in [1.29, 1.82) is 0 Å². The number of furan rings is 1. The van der Waals surface area contributed by atoms with Crippen LogP contribution in [0.4, 0.5) is 0 Å². The van der Waals surface area contributed by atoms with Crippen LogP contribution in [0, 0.1) is 0 Å². The standard InChI is InChI=1S/C50H32N4O/c1-3-15-31(16-4-1)46-37-21-7-10-24-40(37)51-50(52-46)39-23-14-28-44-45(39)38-22-13-27-43(49(38)55-44)54-42-26-12-9-20-34(42)36-30-29-35-33-19-8-11-25-41(33)53(47(35)48(36)54)32-17-5-2-6-18-32/h1-9,11-23,25-30H,10,24H2. The summed E-state index contributed by atoms with van der Waals surface area (Å²) in [6.45, 7) is 0. The molecule has 258 valence electrons. The second-order valence-electron chi connectivity index (χ2n) is 14.4. The number of nitrogens with zero attached hydrogens (tertiary/aromatic N) is 4. The third-order valence-electron chi connectivity index (χ3n) is 11.4. The van der Waals surface area contributed by atoms with Crippen LogP contribution in [0.5, 0.6) is 0 Å². The predicted octanol–water partition coefficient (Wildman–Crippen LogP) is 12.9. The Bertz CT molecular complexity index is 3370. The molecule has 11 aromatic rings. The van der Waals surface area contributed by atoms with Gasteiger partial charge in [-0.2, -0.15) is 0 Å². The lowest BCUT2D eigenvalue weighted by molar-refractivity contribution is 0.666. The Labute approximate surface area is 316 Å². The molecule has 1 aliphatic rings. The van der Waals surface area contributed by atoms with Crippen LogP contribution >= 0.6 is 0 Å². The van der Waals surface area contributed by atoms with E-state index in [4.69, 9.17) is 14.4 Å². The third kappa shape index (κ3) is 4.35. The average molecular weight is 705 g/mol. The average Bonchev–Trinajstić information content (AvgIpc) is 3.92. The quantitative estimate of drug-likeness (QED) is 0.183. The van der Waals surface area contributed by atoms with Crippen LogP contribution in [-0.4, -0.2) is 19.1 Å². The first kappa shape index (κ1) is 30.2. The first-order valence-corrected chi connectivity index (χ1v) is 18.9. The zero-order chi connectivity index (χ0) is 36.0. The van der Waals surface area contributed by atoms with Crippen LogP contribution in [-0.2, 0) is 6.42 Å². The van der Waals surface area contributed by atoms with Crippen molar-refractivity contribution in [2.45, 2.75) is 12.8 Å². The van der Waals surface area contributed by atoms with Gasteiger partial charge >= 0.3 is 0 Å². The largest absolute Gasteiger partial charge is 0.454 e. The zero-order valence-electron chi connectivity index (χ0n) is 29.8. The van der Waals surface area contributed by atoms with E-state index in [0.717, 1.165) is 91.1 Å². The van der Waals surface area contributed by atoms with Crippen molar-refractivity contribution in [2.24, 2.45) is 0 Å². The molecule has 0 amide bonds. The highest BCUT2D eigenvalue weighted by molar-refractivity contribution is 6.24. The van der Waals surface area contributed by atoms with Crippen LogP contribution in [0.25, 0.3) is 106 Å². The fraction of sp³-hybridized carbons (Fsp3) is 0.0400. The highest BCUT2D eigenvalue weighted by Gasteiger charge is 2.25. The summed E-state index contributed by atoms with van der Waals surface area (Å²) in [4.78, 5) is 10.5. The number of fused-ring (bicyclic) bond motifs is 11. The molecule has 0 fully saturated rings. The van der Waals surface area contributed by atoms with Gasteiger partial charge in [0.1, 0.15) is 5.58 Å². The van der Waals surface area contributed by atoms with E-state index in [1.54, 1.807) is 0 Å². The molecule has 0 spiro atoms. The Hall–Kier alpha value is -7.24. The van der Waals surface area contributed by atoms with E-state index in [9.17, 15) is 0 Å². The number of benzene rings is 7. The second kappa shape index (κ2) is 11.6. The summed E-state index contributed by atoms with van der Waals surface area (Å²) in [6, 6.07) is 56.0. The highest BCUT2D eigenvalue weighted by atomic mass is 16.3. The molecule has 55 heavy (non-hydrogen) atoms. The first-order chi connectivity index (χ1) is 27.3. The normalized spacial score (nSPS) is 12.9. The zero-order valence-corrected chi connectivity index (χ0v) is 29.8. The molecular weight excluding hydrogens is 673 g/mol. The van der Waals surface area contributed by atoms with Gasteiger partial charge in [-0.3, -0.25) is 0 Å². The third-order valence-corrected chi connectivity index (χ3v) is 11.4. The van der Waals surface area contributed by atoms with Gasteiger partial charge < -0.3 is 13.6 Å².